The molecule has 1 fully saturated rings. The van der Waals surface area contributed by atoms with E-state index in [0.717, 1.165) is 12.8 Å². The number of aliphatic hydroxyl groups is 1. The molecule has 0 spiro atoms. The number of benzene rings is 1. The van der Waals surface area contributed by atoms with Crippen LogP contribution >= 0.6 is 0 Å². The summed E-state index contributed by atoms with van der Waals surface area (Å²) in [4.78, 5) is 0. The second kappa shape index (κ2) is 4.82. The second-order valence-electron chi connectivity index (χ2n) is 5.29. The van der Waals surface area contributed by atoms with Gasteiger partial charge >= 0.3 is 0 Å². The van der Waals surface area contributed by atoms with Gasteiger partial charge in [0, 0.05) is 0 Å². The third kappa shape index (κ3) is 1.98. The first-order valence-corrected chi connectivity index (χ1v) is 6.45. The monoisotopic (exact) mass is 263 g/mol. The van der Waals surface area contributed by atoms with E-state index >= 15 is 0 Å². The minimum Gasteiger partial charge on any atom is -0.496 e. The molecule has 1 aromatic rings. The number of halogens is 1. The second-order valence-corrected chi connectivity index (χ2v) is 5.29. The molecule has 2 rings (SSSR count). The van der Waals surface area contributed by atoms with Crippen molar-refractivity contribution < 1.29 is 14.2 Å². The third-order valence-corrected chi connectivity index (χ3v) is 4.29. The van der Waals surface area contributed by atoms with Gasteiger partial charge in [-0.25, -0.2) is 4.39 Å². The molecule has 1 saturated carbocycles. The maximum absolute atomic E-state index is 14.1. The molecular formula is C15H18FNO2. The molecule has 1 aromatic carbocycles. The van der Waals surface area contributed by atoms with E-state index in [0.29, 0.717) is 12.8 Å². The van der Waals surface area contributed by atoms with Crippen LogP contribution in [-0.2, 0) is 5.60 Å². The summed E-state index contributed by atoms with van der Waals surface area (Å²) in [6.07, 6.45) is 2.91. The van der Waals surface area contributed by atoms with Crippen LogP contribution in [-0.4, -0.2) is 12.2 Å². The largest absolute Gasteiger partial charge is 0.496 e. The van der Waals surface area contributed by atoms with Crippen LogP contribution in [0.15, 0.2) is 18.2 Å². The fraction of sp³-hybridized carbons (Fsp3) is 0.533. The van der Waals surface area contributed by atoms with E-state index in [9.17, 15) is 14.8 Å². The molecule has 0 bridgehead atoms. The van der Waals surface area contributed by atoms with E-state index in [2.05, 4.69) is 6.07 Å². The molecule has 19 heavy (non-hydrogen) atoms. The molecule has 0 saturated heterocycles. The Morgan fingerprint density at radius 3 is 2.58 bits per heavy atom. The Labute approximate surface area is 112 Å². The number of hydrogen-bond donors (Lipinski definition) is 1. The number of nitriles is 1. The summed E-state index contributed by atoms with van der Waals surface area (Å²) in [5.41, 5.74) is -2.42. The van der Waals surface area contributed by atoms with Gasteiger partial charge in [-0.05, 0) is 31.9 Å². The molecule has 3 nitrogen and oxygen atoms in total. The molecule has 0 radical (unpaired) electrons. The van der Waals surface area contributed by atoms with Crippen molar-refractivity contribution in [2.45, 2.75) is 38.2 Å². The summed E-state index contributed by atoms with van der Waals surface area (Å²) in [5, 5.41) is 20.4. The van der Waals surface area contributed by atoms with Crippen LogP contribution in [0.5, 0.6) is 5.75 Å². The minimum absolute atomic E-state index is 0.0842. The van der Waals surface area contributed by atoms with Crippen LogP contribution in [0.25, 0.3) is 0 Å². The van der Waals surface area contributed by atoms with Gasteiger partial charge in [0.15, 0.2) is 0 Å². The average Bonchev–Trinajstić information content (AvgIpc) is 2.88. The first-order chi connectivity index (χ1) is 8.98. The van der Waals surface area contributed by atoms with Crippen LogP contribution in [0.3, 0.4) is 0 Å². The van der Waals surface area contributed by atoms with Crippen molar-refractivity contribution in [2.24, 2.45) is 5.41 Å². The molecule has 102 valence electrons. The third-order valence-electron chi connectivity index (χ3n) is 4.29. The zero-order valence-electron chi connectivity index (χ0n) is 11.2. The maximum atomic E-state index is 14.1. The molecule has 4 heteroatoms. The predicted molar refractivity (Wildman–Crippen MR) is 69.0 cm³/mol. The zero-order chi connectivity index (χ0) is 14.1. The van der Waals surface area contributed by atoms with Gasteiger partial charge in [-0.1, -0.05) is 18.9 Å². The number of methoxy groups -OCH3 is 1. The highest BCUT2D eigenvalue weighted by Crippen LogP contribution is 2.53. The van der Waals surface area contributed by atoms with Gasteiger partial charge in [0.05, 0.1) is 24.2 Å². The molecule has 1 atom stereocenters. The highest BCUT2D eigenvalue weighted by atomic mass is 19.1. The SMILES string of the molecule is COc1cccc(F)c1C(C)(O)C1(C#N)CCCC1. The molecular weight excluding hydrogens is 245 g/mol. The summed E-state index contributed by atoms with van der Waals surface area (Å²) >= 11 is 0. The van der Waals surface area contributed by atoms with Gasteiger partial charge in [-0.2, -0.15) is 5.26 Å². The highest BCUT2D eigenvalue weighted by molar-refractivity contribution is 5.42. The van der Waals surface area contributed by atoms with Crippen LogP contribution in [0, 0.1) is 22.6 Å². The number of ether oxygens (including phenoxy) is 1. The van der Waals surface area contributed by atoms with Crippen molar-refractivity contribution in [1.82, 2.24) is 0 Å². The van der Waals surface area contributed by atoms with Crippen LogP contribution in [0.4, 0.5) is 4.39 Å². The average molecular weight is 263 g/mol. The molecule has 0 aromatic heterocycles. The summed E-state index contributed by atoms with van der Waals surface area (Å²) in [7, 11) is 1.43. The van der Waals surface area contributed by atoms with Crippen molar-refractivity contribution >= 4 is 0 Å². The van der Waals surface area contributed by atoms with E-state index in [4.69, 9.17) is 4.74 Å². The van der Waals surface area contributed by atoms with E-state index in [1.807, 2.05) is 0 Å². The quantitative estimate of drug-likeness (QED) is 0.911. The van der Waals surface area contributed by atoms with Crippen molar-refractivity contribution in [3.05, 3.63) is 29.6 Å². The molecule has 1 aliphatic rings. The summed E-state index contributed by atoms with van der Waals surface area (Å²) < 4.78 is 19.3. The molecule has 0 aliphatic heterocycles. The van der Waals surface area contributed by atoms with Crippen LogP contribution in [0.1, 0.15) is 38.2 Å². The Hall–Kier alpha value is -1.60. The number of nitrogens with zero attached hydrogens (tertiary/aromatic N) is 1. The topological polar surface area (TPSA) is 53.2 Å². The summed E-state index contributed by atoms with van der Waals surface area (Å²) in [6.45, 7) is 1.52. The molecule has 1 unspecified atom stereocenters. The van der Waals surface area contributed by atoms with Gasteiger partial charge in [-0.15, -0.1) is 0 Å². The van der Waals surface area contributed by atoms with Gasteiger partial charge in [0.1, 0.15) is 17.2 Å². The normalized spacial score (nSPS) is 20.6. The van der Waals surface area contributed by atoms with Crippen LogP contribution < -0.4 is 4.74 Å². The lowest BCUT2D eigenvalue weighted by molar-refractivity contribution is -0.0465. The Morgan fingerprint density at radius 2 is 2.05 bits per heavy atom. The standard InChI is InChI=1S/C15H18FNO2/c1-14(18,15(10-17)8-3-4-9-15)13-11(16)6-5-7-12(13)19-2/h5-7,18H,3-4,8-9H2,1-2H3. The fourth-order valence-electron chi connectivity index (χ4n) is 3.07. The van der Waals surface area contributed by atoms with Crippen LogP contribution in [0.2, 0.25) is 0 Å². The molecule has 0 heterocycles. The highest BCUT2D eigenvalue weighted by Gasteiger charge is 2.52. The smallest absolute Gasteiger partial charge is 0.133 e. The Balaban J connectivity index is 2.59. The van der Waals surface area contributed by atoms with Gasteiger partial charge in [0.2, 0.25) is 0 Å². The van der Waals surface area contributed by atoms with Crippen molar-refractivity contribution in [3.63, 3.8) is 0 Å². The van der Waals surface area contributed by atoms with E-state index in [-0.39, 0.29) is 11.3 Å². The Morgan fingerprint density at radius 1 is 1.42 bits per heavy atom. The Bertz CT molecular complexity index is 513. The van der Waals surface area contributed by atoms with Gasteiger partial charge < -0.3 is 9.84 Å². The first-order valence-electron chi connectivity index (χ1n) is 6.45. The summed E-state index contributed by atoms with van der Waals surface area (Å²) in [6, 6.07) is 6.64. The molecule has 1 N–H and O–H groups in total. The number of rotatable bonds is 3. The zero-order valence-corrected chi connectivity index (χ0v) is 11.2. The lowest BCUT2D eigenvalue weighted by Crippen LogP contribution is -2.41. The van der Waals surface area contributed by atoms with Crippen molar-refractivity contribution in [3.8, 4) is 11.8 Å². The van der Waals surface area contributed by atoms with Gasteiger partial charge in [-0.3, -0.25) is 0 Å². The van der Waals surface area contributed by atoms with Crippen molar-refractivity contribution in [2.75, 3.05) is 7.11 Å². The first kappa shape index (κ1) is 13.8. The molecule has 1 aliphatic carbocycles. The number of hydrogen-bond acceptors (Lipinski definition) is 3. The Kier molecular flexibility index (Phi) is 3.51. The maximum Gasteiger partial charge on any atom is 0.133 e. The lowest BCUT2D eigenvalue weighted by Gasteiger charge is -2.38. The van der Waals surface area contributed by atoms with Gasteiger partial charge in [0.25, 0.3) is 0 Å². The predicted octanol–water partition coefficient (Wildman–Crippen LogP) is 3.13. The van der Waals surface area contributed by atoms with E-state index in [1.54, 1.807) is 6.07 Å². The molecule has 0 amide bonds. The van der Waals surface area contributed by atoms with E-state index in [1.165, 1.54) is 26.2 Å². The van der Waals surface area contributed by atoms with E-state index < -0.39 is 16.8 Å². The minimum atomic E-state index is -1.56. The summed E-state index contributed by atoms with van der Waals surface area (Å²) in [5.74, 6) is -0.252. The van der Waals surface area contributed by atoms with Crippen molar-refractivity contribution in [1.29, 1.82) is 5.26 Å². The lowest BCUT2D eigenvalue weighted by atomic mass is 9.68. The fourth-order valence-corrected chi connectivity index (χ4v) is 3.07.